The number of benzene rings is 6. The molecule has 2 heterocycles. The van der Waals surface area contributed by atoms with Crippen LogP contribution in [0.5, 0.6) is 0 Å². The Morgan fingerprint density at radius 1 is 0.400 bits per heavy atom. The topological polar surface area (TPSA) is 48.9 Å². The van der Waals surface area contributed by atoms with Gasteiger partial charge in [-0.3, -0.25) is 9.36 Å². The molecule has 0 spiro atoms. The zero-order chi connectivity index (χ0) is 30.3. The summed E-state index contributed by atoms with van der Waals surface area (Å²) in [5, 5.41) is 1.28. The maximum absolute atomic E-state index is 14.7. The zero-order valence-corrected chi connectivity index (χ0v) is 24.2. The van der Waals surface area contributed by atoms with Gasteiger partial charge in [-0.15, -0.1) is 0 Å². The minimum atomic E-state index is -0.428. The smallest absolute Gasteiger partial charge is 0.316 e. The monoisotopic (exact) mass is 581 g/mol. The van der Waals surface area contributed by atoms with E-state index in [1.807, 2.05) is 164 Å². The first-order valence-electron chi connectivity index (χ1n) is 14.9. The molecule has 0 amide bonds. The van der Waals surface area contributed by atoms with Crippen LogP contribution in [0, 0.1) is 0 Å². The molecule has 5 nitrogen and oxygen atoms in total. The highest BCUT2D eigenvalue weighted by Gasteiger charge is 2.20. The van der Waals surface area contributed by atoms with Crippen molar-refractivity contribution in [2.24, 2.45) is 0 Å². The third-order valence-electron chi connectivity index (χ3n) is 8.34. The van der Waals surface area contributed by atoms with Crippen molar-refractivity contribution in [1.29, 1.82) is 0 Å². The number of nitrogens with zero attached hydrogens (tertiary/aromatic N) is 3. The number of fused-ring (bicyclic) bond motifs is 3. The first kappa shape index (κ1) is 26.4. The summed E-state index contributed by atoms with van der Waals surface area (Å²) in [6.07, 6.45) is 1.99. The van der Waals surface area contributed by atoms with Gasteiger partial charge in [-0.25, -0.2) is 9.36 Å². The Balaban J connectivity index is 1.45. The molecule has 8 rings (SSSR count). The van der Waals surface area contributed by atoms with Gasteiger partial charge < -0.3 is 4.57 Å². The van der Waals surface area contributed by atoms with E-state index in [4.69, 9.17) is 0 Å². The second-order valence-electron chi connectivity index (χ2n) is 11.0. The summed E-state index contributed by atoms with van der Waals surface area (Å²) < 4.78 is 5.07. The Hall–Kier alpha value is -6.20. The number of para-hydroxylation sites is 1. The molecule has 6 aromatic carbocycles. The van der Waals surface area contributed by atoms with Crippen molar-refractivity contribution in [3.05, 3.63) is 185 Å². The summed E-state index contributed by atoms with van der Waals surface area (Å²) in [7, 11) is 0. The van der Waals surface area contributed by atoms with Crippen LogP contribution in [0.3, 0.4) is 0 Å². The summed E-state index contributed by atoms with van der Waals surface area (Å²) in [4.78, 5) is 29.1. The second-order valence-corrected chi connectivity index (χ2v) is 11.0. The highest BCUT2D eigenvalue weighted by atomic mass is 16.2. The first-order valence-corrected chi connectivity index (χ1v) is 14.9. The van der Waals surface area contributed by atoms with Crippen LogP contribution in [-0.4, -0.2) is 13.7 Å². The third-order valence-corrected chi connectivity index (χ3v) is 8.34. The standard InChI is InChI=1S/C40H27N3O2/c44-39-36-22-23-37-35(24-25-41(37)32-18-8-3-9-19-32)38(36)42(33-20-10-16-30(26-33)28-12-4-1-5-13-28)40(45)43(39)34-21-11-17-31(27-34)29-14-6-2-7-15-29/h1-27H. The average Bonchev–Trinajstić information content (AvgIpc) is 3.55. The second kappa shape index (κ2) is 10.8. The van der Waals surface area contributed by atoms with Gasteiger partial charge in [-0.2, -0.15) is 0 Å². The summed E-state index contributed by atoms with van der Waals surface area (Å²) in [6.45, 7) is 0. The fraction of sp³-hybridized carbons (Fsp3) is 0. The fourth-order valence-corrected chi connectivity index (χ4v) is 6.21. The normalized spacial score (nSPS) is 11.3. The minimum absolute atomic E-state index is 0.356. The third kappa shape index (κ3) is 4.50. The van der Waals surface area contributed by atoms with Crippen LogP contribution in [0.1, 0.15) is 0 Å². The fourth-order valence-electron chi connectivity index (χ4n) is 6.21. The first-order chi connectivity index (χ1) is 22.2. The van der Waals surface area contributed by atoms with Gasteiger partial charge in [0.1, 0.15) is 0 Å². The summed E-state index contributed by atoms with van der Waals surface area (Å²) in [5.74, 6) is 0. The molecule has 8 aromatic rings. The van der Waals surface area contributed by atoms with Crippen molar-refractivity contribution in [2.45, 2.75) is 0 Å². The van der Waals surface area contributed by atoms with Crippen molar-refractivity contribution in [3.63, 3.8) is 0 Å². The predicted molar refractivity (Wildman–Crippen MR) is 183 cm³/mol. The molecule has 2 aromatic heterocycles. The van der Waals surface area contributed by atoms with Crippen LogP contribution >= 0.6 is 0 Å². The molecule has 0 saturated heterocycles. The molecule has 45 heavy (non-hydrogen) atoms. The molecule has 0 aliphatic heterocycles. The maximum atomic E-state index is 14.7. The predicted octanol–water partition coefficient (Wildman–Crippen LogP) is 8.42. The van der Waals surface area contributed by atoms with E-state index in [-0.39, 0.29) is 5.56 Å². The van der Waals surface area contributed by atoms with E-state index in [1.54, 1.807) is 4.57 Å². The molecule has 0 unspecified atom stereocenters. The Morgan fingerprint density at radius 3 is 1.51 bits per heavy atom. The lowest BCUT2D eigenvalue weighted by atomic mass is 10.0. The molecule has 0 atom stereocenters. The highest BCUT2D eigenvalue weighted by molar-refractivity contribution is 6.05. The number of hydrogen-bond donors (Lipinski definition) is 0. The molecule has 0 bridgehead atoms. The number of rotatable bonds is 5. The van der Waals surface area contributed by atoms with Crippen molar-refractivity contribution < 1.29 is 0 Å². The van der Waals surface area contributed by atoms with E-state index >= 15 is 0 Å². The Bertz CT molecular complexity index is 2460. The summed E-state index contributed by atoms with van der Waals surface area (Å²) >= 11 is 0. The van der Waals surface area contributed by atoms with Crippen molar-refractivity contribution in [1.82, 2.24) is 13.7 Å². The van der Waals surface area contributed by atoms with E-state index in [1.165, 1.54) is 4.57 Å². The van der Waals surface area contributed by atoms with Gasteiger partial charge >= 0.3 is 5.69 Å². The quantitative estimate of drug-likeness (QED) is 0.205. The van der Waals surface area contributed by atoms with E-state index in [0.29, 0.717) is 22.3 Å². The van der Waals surface area contributed by atoms with Crippen LogP contribution in [0.25, 0.3) is 61.1 Å². The van der Waals surface area contributed by atoms with E-state index in [2.05, 4.69) is 4.57 Å². The van der Waals surface area contributed by atoms with Crippen LogP contribution in [0.2, 0.25) is 0 Å². The van der Waals surface area contributed by atoms with Crippen molar-refractivity contribution in [2.75, 3.05) is 0 Å². The van der Waals surface area contributed by atoms with Crippen LogP contribution in [-0.2, 0) is 0 Å². The van der Waals surface area contributed by atoms with Crippen LogP contribution < -0.4 is 11.2 Å². The molecule has 0 aliphatic carbocycles. The van der Waals surface area contributed by atoms with Gasteiger partial charge in [0.05, 0.1) is 27.8 Å². The Labute approximate surface area is 259 Å². The van der Waals surface area contributed by atoms with E-state index in [0.717, 1.165) is 38.8 Å². The molecule has 0 fully saturated rings. The van der Waals surface area contributed by atoms with Crippen LogP contribution in [0.15, 0.2) is 174 Å². The molecule has 214 valence electrons. The number of hydrogen-bond acceptors (Lipinski definition) is 2. The van der Waals surface area contributed by atoms with Gasteiger partial charge in [-0.05, 0) is 76.9 Å². The number of aromatic nitrogens is 3. The van der Waals surface area contributed by atoms with Gasteiger partial charge in [0.25, 0.3) is 5.56 Å². The molecule has 5 heteroatoms. The lowest BCUT2D eigenvalue weighted by Crippen LogP contribution is -2.38. The van der Waals surface area contributed by atoms with Crippen molar-refractivity contribution >= 4 is 21.8 Å². The van der Waals surface area contributed by atoms with E-state index < -0.39 is 5.69 Å². The SMILES string of the molecule is O=c1c2ccc3c(ccn3-c3ccccc3)c2n(-c2cccc(-c3ccccc3)c2)c(=O)n1-c1cccc(-c2ccccc2)c1. The van der Waals surface area contributed by atoms with Gasteiger partial charge in [0.15, 0.2) is 0 Å². The molecule has 0 N–H and O–H groups in total. The van der Waals surface area contributed by atoms with Crippen molar-refractivity contribution in [3.8, 4) is 39.3 Å². The van der Waals surface area contributed by atoms with Crippen LogP contribution in [0.4, 0.5) is 0 Å². The highest BCUT2D eigenvalue weighted by Crippen LogP contribution is 2.30. The minimum Gasteiger partial charge on any atom is -0.316 e. The largest absolute Gasteiger partial charge is 0.340 e. The Morgan fingerprint density at radius 2 is 0.911 bits per heavy atom. The van der Waals surface area contributed by atoms with Gasteiger partial charge in [0, 0.05) is 17.3 Å². The molecular weight excluding hydrogens is 554 g/mol. The maximum Gasteiger partial charge on any atom is 0.340 e. The zero-order valence-electron chi connectivity index (χ0n) is 24.2. The summed E-state index contributed by atoms with van der Waals surface area (Å²) in [6, 6.07) is 51.4. The molecule has 0 aliphatic rings. The lowest BCUT2D eigenvalue weighted by Gasteiger charge is -2.17. The Kier molecular flexibility index (Phi) is 6.35. The van der Waals surface area contributed by atoms with Gasteiger partial charge in [-0.1, -0.05) is 103 Å². The molecule has 0 radical (unpaired) electrons. The summed E-state index contributed by atoms with van der Waals surface area (Å²) in [5.41, 5.74) is 6.85. The lowest BCUT2D eigenvalue weighted by molar-refractivity contribution is 0.837. The molecule has 0 saturated carbocycles. The molecular formula is C40H27N3O2. The van der Waals surface area contributed by atoms with E-state index in [9.17, 15) is 9.59 Å². The average molecular weight is 582 g/mol. The van der Waals surface area contributed by atoms with Gasteiger partial charge in [0.2, 0.25) is 0 Å².